The number of rotatable bonds is 2. The van der Waals surface area contributed by atoms with Crippen LogP contribution in [-0.2, 0) is 7.05 Å². The van der Waals surface area contributed by atoms with Gasteiger partial charge in [0.1, 0.15) is 17.2 Å². The molecule has 0 unspecified atom stereocenters. The fraction of sp³-hybridized carbons (Fsp3) is 0.269. The van der Waals surface area contributed by atoms with Crippen LogP contribution in [0.3, 0.4) is 0 Å². The molecular formula is C26H24FN5O. The third-order valence-corrected chi connectivity index (χ3v) is 6.32. The Morgan fingerprint density at radius 1 is 1.06 bits per heavy atom. The molecule has 3 N–H and O–H groups in total. The molecular weight excluding hydrogens is 417 g/mol. The molecule has 2 aromatic heterocycles. The molecule has 2 aromatic carbocycles. The normalized spacial score (nSPS) is 20.4. The van der Waals surface area contributed by atoms with Crippen molar-refractivity contribution in [1.29, 1.82) is 0 Å². The first kappa shape index (κ1) is 21.1. The lowest BCUT2D eigenvalue weighted by molar-refractivity contribution is 0.0548. The van der Waals surface area contributed by atoms with Gasteiger partial charge in [0, 0.05) is 12.6 Å². The van der Waals surface area contributed by atoms with Crippen LogP contribution in [0.5, 0.6) is 0 Å². The van der Waals surface area contributed by atoms with Gasteiger partial charge in [-0.05, 0) is 55.2 Å². The van der Waals surface area contributed by atoms with Crippen LogP contribution in [0.1, 0.15) is 43.0 Å². The van der Waals surface area contributed by atoms with E-state index >= 15 is 0 Å². The van der Waals surface area contributed by atoms with Crippen LogP contribution >= 0.6 is 0 Å². The van der Waals surface area contributed by atoms with Crippen LogP contribution in [0.25, 0.3) is 22.6 Å². The molecule has 1 saturated carbocycles. The van der Waals surface area contributed by atoms with Gasteiger partial charge in [-0.25, -0.2) is 19.3 Å². The van der Waals surface area contributed by atoms with Crippen molar-refractivity contribution < 1.29 is 9.50 Å². The van der Waals surface area contributed by atoms with E-state index in [-0.39, 0.29) is 17.5 Å². The number of fused-ring (bicyclic) bond motifs is 1. The highest BCUT2D eigenvalue weighted by molar-refractivity contribution is 5.85. The van der Waals surface area contributed by atoms with E-state index in [2.05, 4.69) is 38.9 Å². The zero-order valence-corrected chi connectivity index (χ0v) is 18.3. The Balaban J connectivity index is 1.41. The zero-order valence-electron chi connectivity index (χ0n) is 18.3. The largest absolute Gasteiger partial charge is 0.382 e. The van der Waals surface area contributed by atoms with E-state index in [9.17, 15) is 9.50 Å². The van der Waals surface area contributed by atoms with Gasteiger partial charge in [-0.3, -0.25) is 0 Å². The summed E-state index contributed by atoms with van der Waals surface area (Å²) in [7, 11) is 1.79. The molecule has 0 amide bonds. The Morgan fingerprint density at radius 3 is 2.55 bits per heavy atom. The average molecular weight is 442 g/mol. The first-order valence-electron chi connectivity index (χ1n) is 11.0. The first-order valence-corrected chi connectivity index (χ1v) is 11.0. The Morgan fingerprint density at radius 2 is 1.82 bits per heavy atom. The summed E-state index contributed by atoms with van der Waals surface area (Å²) < 4.78 is 15.4. The standard InChI is InChI=1S/C26H24FN5O/c1-32-24(19-8-5-9-20(27)16-19)31-22-23(28)29-21(30-25(22)32)12-15-26(33)13-10-18(11-14-26)17-6-3-2-4-7-17/h2-9,16,18,33H,10-11,13-14H2,1H3,(H2,28,29,30). The number of hydrogen-bond donors (Lipinski definition) is 2. The van der Waals surface area contributed by atoms with Gasteiger partial charge in [0.25, 0.3) is 0 Å². The SMILES string of the molecule is Cn1c(-c2cccc(F)c2)nc2c(N)nc(C#CC3(O)CCC(c4ccccc4)CC3)nc21. The number of benzene rings is 2. The maximum atomic E-state index is 13.7. The molecule has 4 aromatic rings. The van der Waals surface area contributed by atoms with Crippen LogP contribution in [0, 0.1) is 17.7 Å². The van der Waals surface area contributed by atoms with Gasteiger partial charge in [0.05, 0.1) is 0 Å². The second kappa shape index (κ2) is 8.30. The predicted octanol–water partition coefficient (Wildman–Crippen LogP) is 4.19. The monoisotopic (exact) mass is 441 g/mol. The Kier molecular flexibility index (Phi) is 5.31. The summed E-state index contributed by atoms with van der Waals surface area (Å²) in [5, 5.41) is 11.0. The molecule has 33 heavy (non-hydrogen) atoms. The van der Waals surface area contributed by atoms with Gasteiger partial charge in [-0.1, -0.05) is 48.4 Å². The molecule has 166 valence electrons. The van der Waals surface area contributed by atoms with Gasteiger partial charge in [0.2, 0.25) is 5.82 Å². The van der Waals surface area contributed by atoms with Crippen LogP contribution in [0.4, 0.5) is 10.2 Å². The zero-order chi connectivity index (χ0) is 23.0. The molecule has 6 nitrogen and oxygen atoms in total. The van der Waals surface area contributed by atoms with E-state index < -0.39 is 5.60 Å². The van der Waals surface area contributed by atoms with E-state index in [1.165, 1.54) is 17.7 Å². The van der Waals surface area contributed by atoms with Gasteiger partial charge in [0.15, 0.2) is 17.0 Å². The topological polar surface area (TPSA) is 89.9 Å². The van der Waals surface area contributed by atoms with Gasteiger partial charge >= 0.3 is 0 Å². The molecule has 1 aliphatic carbocycles. The van der Waals surface area contributed by atoms with Crippen molar-refractivity contribution >= 4 is 17.0 Å². The number of aliphatic hydroxyl groups is 1. The van der Waals surface area contributed by atoms with Crippen molar-refractivity contribution in [3.05, 3.63) is 71.8 Å². The van der Waals surface area contributed by atoms with Crippen LogP contribution in [-0.4, -0.2) is 30.2 Å². The van der Waals surface area contributed by atoms with Crippen molar-refractivity contribution in [2.75, 3.05) is 5.73 Å². The van der Waals surface area contributed by atoms with Crippen LogP contribution in [0.2, 0.25) is 0 Å². The molecule has 0 radical (unpaired) electrons. The number of aromatic nitrogens is 4. The number of hydrogen-bond acceptors (Lipinski definition) is 5. The minimum Gasteiger partial charge on any atom is -0.382 e. The molecule has 0 bridgehead atoms. The van der Waals surface area contributed by atoms with Crippen molar-refractivity contribution in [2.24, 2.45) is 7.05 Å². The summed E-state index contributed by atoms with van der Waals surface area (Å²) >= 11 is 0. The lowest BCUT2D eigenvalue weighted by Gasteiger charge is -2.32. The summed E-state index contributed by atoms with van der Waals surface area (Å²) in [5.41, 5.74) is 7.93. The molecule has 0 atom stereocenters. The second-order valence-corrected chi connectivity index (χ2v) is 8.58. The summed E-state index contributed by atoms with van der Waals surface area (Å²) in [6.07, 6.45) is 2.92. The third-order valence-electron chi connectivity index (χ3n) is 6.32. The number of imidazole rings is 1. The number of nitrogens with two attached hydrogens (primary N) is 1. The maximum Gasteiger partial charge on any atom is 0.209 e. The summed E-state index contributed by atoms with van der Waals surface area (Å²) in [4.78, 5) is 13.3. The quantitative estimate of drug-likeness (QED) is 0.455. The number of anilines is 1. The molecule has 2 heterocycles. The highest BCUT2D eigenvalue weighted by atomic mass is 19.1. The molecule has 0 aliphatic heterocycles. The van der Waals surface area contributed by atoms with E-state index in [1.54, 1.807) is 23.7 Å². The van der Waals surface area contributed by atoms with Crippen LogP contribution < -0.4 is 5.73 Å². The molecule has 1 fully saturated rings. The molecule has 5 rings (SSSR count). The van der Waals surface area contributed by atoms with E-state index in [0.29, 0.717) is 41.3 Å². The van der Waals surface area contributed by atoms with E-state index in [1.807, 2.05) is 18.2 Å². The maximum absolute atomic E-state index is 13.7. The third kappa shape index (κ3) is 4.18. The Bertz CT molecular complexity index is 1380. The summed E-state index contributed by atoms with van der Waals surface area (Å²) in [6.45, 7) is 0. The number of nitrogens with zero attached hydrogens (tertiary/aromatic N) is 4. The van der Waals surface area contributed by atoms with Crippen LogP contribution in [0.15, 0.2) is 54.6 Å². The fourth-order valence-electron chi connectivity index (χ4n) is 4.48. The second-order valence-electron chi connectivity index (χ2n) is 8.58. The minimum atomic E-state index is -1.07. The van der Waals surface area contributed by atoms with Gasteiger partial charge in [-0.2, -0.15) is 0 Å². The number of aryl methyl sites for hydroxylation is 1. The first-order chi connectivity index (χ1) is 15.9. The molecule has 0 saturated heterocycles. The van der Waals surface area contributed by atoms with Gasteiger partial charge in [-0.15, -0.1) is 0 Å². The number of nitrogen functional groups attached to an aromatic ring is 1. The van der Waals surface area contributed by atoms with Crippen molar-refractivity contribution in [3.63, 3.8) is 0 Å². The van der Waals surface area contributed by atoms with Crippen molar-refractivity contribution in [2.45, 2.75) is 37.2 Å². The average Bonchev–Trinajstić information content (AvgIpc) is 3.16. The summed E-state index contributed by atoms with van der Waals surface area (Å²) in [6, 6.07) is 16.6. The molecule has 1 aliphatic rings. The molecule has 0 spiro atoms. The highest BCUT2D eigenvalue weighted by Crippen LogP contribution is 2.37. The summed E-state index contributed by atoms with van der Waals surface area (Å²) in [5.74, 6) is 6.97. The lowest BCUT2D eigenvalue weighted by Crippen LogP contribution is -2.31. The molecule has 7 heteroatoms. The predicted molar refractivity (Wildman–Crippen MR) is 126 cm³/mol. The number of halogens is 1. The van der Waals surface area contributed by atoms with E-state index in [0.717, 1.165) is 12.8 Å². The minimum absolute atomic E-state index is 0.197. The van der Waals surface area contributed by atoms with E-state index in [4.69, 9.17) is 5.73 Å². The Hall–Kier alpha value is -3.76. The lowest BCUT2D eigenvalue weighted by atomic mass is 9.76. The smallest absolute Gasteiger partial charge is 0.209 e. The van der Waals surface area contributed by atoms with Crippen molar-refractivity contribution in [1.82, 2.24) is 19.5 Å². The Labute approximate surface area is 191 Å². The van der Waals surface area contributed by atoms with Crippen molar-refractivity contribution in [3.8, 4) is 23.2 Å². The van der Waals surface area contributed by atoms with Gasteiger partial charge < -0.3 is 15.4 Å². The highest BCUT2D eigenvalue weighted by Gasteiger charge is 2.32. The fourth-order valence-corrected chi connectivity index (χ4v) is 4.48.